The van der Waals surface area contributed by atoms with Crippen molar-refractivity contribution < 1.29 is 18.7 Å². The maximum absolute atomic E-state index is 13.3. The van der Waals surface area contributed by atoms with Crippen LogP contribution in [0.1, 0.15) is 26.3 Å². The van der Waals surface area contributed by atoms with Crippen LogP contribution >= 0.6 is 0 Å². The van der Waals surface area contributed by atoms with E-state index in [0.717, 1.165) is 11.1 Å². The maximum Gasteiger partial charge on any atom is 0.252 e. The fourth-order valence-electron chi connectivity index (χ4n) is 3.51. The fraction of sp³-hybridized carbons (Fsp3) is 0.160. The molecule has 0 unspecified atom stereocenters. The number of benzene rings is 3. The molecule has 0 aliphatic carbocycles. The number of rotatable bonds is 8. The average Bonchev–Trinajstić information content (AvgIpc) is 3.27. The fourth-order valence-corrected chi connectivity index (χ4v) is 3.51. The Morgan fingerprint density at radius 3 is 2.58 bits per heavy atom. The first kappa shape index (κ1) is 22.2. The van der Waals surface area contributed by atoms with Gasteiger partial charge in [-0.1, -0.05) is 18.2 Å². The molecule has 7 nitrogen and oxygen atoms in total. The number of carbonyl (C=O) groups is 2. The van der Waals surface area contributed by atoms with E-state index in [1.807, 2.05) is 12.1 Å². The van der Waals surface area contributed by atoms with Gasteiger partial charge in [0.05, 0.1) is 29.6 Å². The molecule has 3 aromatic carbocycles. The summed E-state index contributed by atoms with van der Waals surface area (Å²) in [6.07, 6.45) is 1.62. The number of ether oxygens (including phenoxy) is 1. The predicted molar refractivity (Wildman–Crippen MR) is 123 cm³/mol. The highest BCUT2D eigenvalue weighted by molar-refractivity contribution is 6.06. The van der Waals surface area contributed by atoms with Crippen molar-refractivity contribution in [1.82, 2.24) is 20.4 Å². The Hall–Kier alpha value is -4.04. The van der Waals surface area contributed by atoms with Gasteiger partial charge in [-0.15, -0.1) is 0 Å². The molecule has 1 heterocycles. The number of hydrogen-bond acceptors (Lipinski definition) is 4. The molecule has 0 saturated heterocycles. The number of methoxy groups -OCH3 is 1. The first-order valence-electron chi connectivity index (χ1n) is 10.4. The number of carbonyl (C=O) groups excluding carboxylic acids is 2. The molecule has 0 aliphatic rings. The predicted octanol–water partition coefficient (Wildman–Crippen LogP) is 3.47. The first-order valence-corrected chi connectivity index (χ1v) is 10.4. The zero-order chi connectivity index (χ0) is 23.2. The summed E-state index contributed by atoms with van der Waals surface area (Å²) in [7, 11) is 1.57. The van der Waals surface area contributed by atoms with Crippen LogP contribution in [0.2, 0.25) is 0 Å². The highest BCUT2D eigenvalue weighted by Crippen LogP contribution is 2.22. The largest absolute Gasteiger partial charge is 0.383 e. The van der Waals surface area contributed by atoms with Crippen molar-refractivity contribution in [2.45, 2.75) is 6.54 Å². The van der Waals surface area contributed by atoms with Crippen molar-refractivity contribution in [3.63, 3.8) is 0 Å². The summed E-state index contributed by atoms with van der Waals surface area (Å²) in [6.45, 7) is 1.12. The van der Waals surface area contributed by atoms with Crippen LogP contribution in [0.3, 0.4) is 0 Å². The SMILES string of the molecule is COCCNC(=O)c1cccc(CNC(=O)c2cccc3c2cnn3-c2ccc(F)cc2)c1. The summed E-state index contributed by atoms with van der Waals surface area (Å²) < 4.78 is 19.9. The Morgan fingerprint density at radius 1 is 1.00 bits per heavy atom. The van der Waals surface area contributed by atoms with Crippen LogP contribution in [-0.2, 0) is 11.3 Å². The van der Waals surface area contributed by atoms with E-state index in [4.69, 9.17) is 4.74 Å². The van der Waals surface area contributed by atoms with E-state index in [1.165, 1.54) is 12.1 Å². The minimum atomic E-state index is -0.327. The van der Waals surface area contributed by atoms with Gasteiger partial charge in [0, 0.05) is 31.1 Å². The van der Waals surface area contributed by atoms with Gasteiger partial charge in [-0.05, 0) is 54.1 Å². The van der Waals surface area contributed by atoms with Gasteiger partial charge < -0.3 is 15.4 Å². The summed E-state index contributed by atoms with van der Waals surface area (Å²) in [6, 6.07) is 18.5. The van der Waals surface area contributed by atoms with E-state index in [0.29, 0.717) is 35.4 Å². The molecule has 4 aromatic rings. The van der Waals surface area contributed by atoms with E-state index in [9.17, 15) is 14.0 Å². The third kappa shape index (κ3) is 5.07. The molecular formula is C25H23FN4O3. The molecule has 2 amide bonds. The monoisotopic (exact) mass is 446 g/mol. The topological polar surface area (TPSA) is 85.2 Å². The summed E-state index contributed by atoms with van der Waals surface area (Å²) in [4.78, 5) is 25.2. The summed E-state index contributed by atoms with van der Waals surface area (Å²) in [5, 5.41) is 10.7. The molecule has 4 rings (SSSR count). The summed E-state index contributed by atoms with van der Waals surface area (Å²) in [5.74, 6) is -0.779. The van der Waals surface area contributed by atoms with Crippen LogP contribution in [0, 0.1) is 5.82 Å². The van der Waals surface area contributed by atoms with Crippen LogP contribution in [0.5, 0.6) is 0 Å². The average molecular weight is 446 g/mol. The zero-order valence-electron chi connectivity index (χ0n) is 18.0. The van der Waals surface area contributed by atoms with E-state index in [1.54, 1.807) is 60.5 Å². The van der Waals surface area contributed by atoms with Gasteiger partial charge in [-0.2, -0.15) is 5.10 Å². The van der Waals surface area contributed by atoms with E-state index < -0.39 is 0 Å². The van der Waals surface area contributed by atoms with Gasteiger partial charge in [-0.25, -0.2) is 9.07 Å². The van der Waals surface area contributed by atoms with Crippen molar-refractivity contribution in [2.75, 3.05) is 20.3 Å². The Balaban J connectivity index is 1.48. The lowest BCUT2D eigenvalue weighted by molar-refractivity contribution is 0.0935. The number of fused-ring (bicyclic) bond motifs is 1. The molecule has 0 aliphatic heterocycles. The number of aromatic nitrogens is 2. The maximum atomic E-state index is 13.3. The van der Waals surface area contributed by atoms with Crippen LogP contribution in [0.25, 0.3) is 16.6 Å². The van der Waals surface area contributed by atoms with Crippen molar-refractivity contribution in [1.29, 1.82) is 0 Å². The first-order chi connectivity index (χ1) is 16.1. The lowest BCUT2D eigenvalue weighted by Crippen LogP contribution is -2.27. The Kier molecular flexibility index (Phi) is 6.75. The minimum Gasteiger partial charge on any atom is -0.383 e. The standard InChI is InChI=1S/C25H23FN4O3/c1-33-13-12-27-24(31)18-5-2-4-17(14-18)15-28-25(32)21-6-3-7-23-22(21)16-29-30(23)20-10-8-19(26)9-11-20/h2-11,14,16H,12-13,15H2,1H3,(H,27,31)(H,28,32). The van der Waals surface area contributed by atoms with Gasteiger partial charge in [-0.3, -0.25) is 9.59 Å². The lowest BCUT2D eigenvalue weighted by Gasteiger charge is -2.09. The summed E-state index contributed by atoms with van der Waals surface area (Å²) >= 11 is 0. The minimum absolute atomic E-state index is 0.196. The molecule has 0 fully saturated rings. The molecule has 0 saturated carbocycles. The van der Waals surface area contributed by atoms with E-state index in [-0.39, 0.29) is 24.2 Å². The molecule has 1 aromatic heterocycles. The van der Waals surface area contributed by atoms with Gasteiger partial charge >= 0.3 is 0 Å². The number of nitrogens with zero attached hydrogens (tertiary/aromatic N) is 2. The van der Waals surface area contributed by atoms with Gasteiger partial charge in [0.15, 0.2) is 0 Å². The Morgan fingerprint density at radius 2 is 1.79 bits per heavy atom. The Bertz CT molecular complexity index is 1280. The number of halogens is 1. The van der Waals surface area contributed by atoms with Crippen LogP contribution in [-0.4, -0.2) is 41.9 Å². The molecule has 2 N–H and O–H groups in total. The van der Waals surface area contributed by atoms with Crippen molar-refractivity contribution in [3.05, 3.63) is 95.4 Å². The molecule has 0 bridgehead atoms. The molecule has 33 heavy (non-hydrogen) atoms. The van der Waals surface area contributed by atoms with E-state index in [2.05, 4.69) is 15.7 Å². The normalized spacial score (nSPS) is 10.8. The van der Waals surface area contributed by atoms with Crippen LogP contribution in [0.15, 0.2) is 72.9 Å². The smallest absolute Gasteiger partial charge is 0.252 e. The summed E-state index contributed by atoms with van der Waals surface area (Å²) in [5.41, 5.74) is 3.24. The second-order valence-corrected chi connectivity index (χ2v) is 7.40. The number of amides is 2. The van der Waals surface area contributed by atoms with Gasteiger partial charge in [0.1, 0.15) is 5.82 Å². The quantitative estimate of drug-likeness (QED) is 0.406. The zero-order valence-corrected chi connectivity index (χ0v) is 18.0. The highest BCUT2D eigenvalue weighted by Gasteiger charge is 2.14. The molecule has 8 heteroatoms. The molecule has 168 valence electrons. The van der Waals surface area contributed by atoms with Crippen LogP contribution < -0.4 is 10.6 Å². The van der Waals surface area contributed by atoms with Crippen molar-refractivity contribution in [2.24, 2.45) is 0 Å². The van der Waals surface area contributed by atoms with E-state index >= 15 is 0 Å². The third-order valence-corrected chi connectivity index (χ3v) is 5.16. The third-order valence-electron chi connectivity index (χ3n) is 5.16. The number of hydrogen-bond donors (Lipinski definition) is 2. The van der Waals surface area contributed by atoms with Gasteiger partial charge in [0.2, 0.25) is 0 Å². The molecule has 0 radical (unpaired) electrons. The second-order valence-electron chi connectivity index (χ2n) is 7.40. The van der Waals surface area contributed by atoms with Crippen molar-refractivity contribution in [3.8, 4) is 5.69 Å². The lowest BCUT2D eigenvalue weighted by atomic mass is 10.1. The molecule has 0 atom stereocenters. The Labute approximate surface area is 190 Å². The van der Waals surface area contributed by atoms with Crippen molar-refractivity contribution >= 4 is 22.7 Å². The second kappa shape index (κ2) is 10.1. The molecular weight excluding hydrogens is 423 g/mol. The highest BCUT2D eigenvalue weighted by atomic mass is 19.1. The van der Waals surface area contributed by atoms with Crippen LogP contribution in [0.4, 0.5) is 4.39 Å². The number of nitrogens with one attached hydrogen (secondary N) is 2. The molecule has 0 spiro atoms. The van der Waals surface area contributed by atoms with Gasteiger partial charge in [0.25, 0.3) is 11.8 Å².